The van der Waals surface area contributed by atoms with Gasteiger partial charge in [-0.1, -0.05) is 17.7 Å². The van der Waals surface area contributed by atoms with Crippen LogP contribution in [0.2, 0.25) is 0 Å². The summed E-state index contributed by atoms with van der Waals surface area (Å²) in [5.41, 5.74) is 2.00. The molecule has 3 heterocycles. The van der Waals surface area contributed by atoms with Crippen LogP contribution in [0.4, 0.5) is 22.1 Å². The van der Waals surface area contributed by atoms with E-state index in [4.69, 9.17) is 4.74 Å². The number of anilines is 3. The number of carbonyl (C=O) groups is 1. The van der Waals surface area contributed by atoms with E-state index in [1.54, 1.807) is 0 Å². The number of morpholine rings is 1. The van der Waals surface area contributed by atoms with Crippen molar-refractivity contribution in [3.05, 3.63) is 42.0 Å². The summed E-state index contributed by atoms with van der Waals surface area (Å²) in [4.78, 5) is 18.7. The summed E-state index contributed by atoms with van der Waals surface area (Å²) >= 11 is 0. The molecule has 0 bridgehead atoms. The Bertz CT molecular complexity index is 781. The zero-order chi connectivity index (χ0) is 19.3. The number of rotatable bonds is 3. The number of aromatic nitrogens is 2. The fraction of sp³-hybridized carbons (Fsp3) is 0.450. The molecule has 2 saturated heterocycles. The van der Waals surface area contributed by atoms with E-state index in [-0.39, 0.29) is 6.03 Å². The van der Waals surface area contributed by atoms with E-state index < -0.39 is 0 Å². The Morgan fingerprint density at radius 1 is 0.857 bits per heavy atom. The monoisotopic (exact) mass is 382 g/mol. The minimum Gasteiger partial charge on any atom is -0.378 e. The molecule has 1 N–H and O–H groups in total. The molecule has 1 aromatic carbocycles. The van der Waals surface area contributed by atoms with Gasteiger partial charge in [-0.05, 0) is 31.2 Å². The van der Waals surface area contributed by atoms with Crippen molar-refractivity contribution >= 4 is 23.4 Å². The van der Waals surface area contributed by atoms with Gasteiger partial charge in [0.15, 0.2) is 11.6 Å². The fourth-order valence-corrected chi connectivity index (χ4v) is 3.43. The summed E-state index contributed by atoms with van der Waals surface area (Å²) in [5.74, 6) is 1.75. The maximum absolute atomic E-state index is 12.5. The highest BCUT2D eigenvalue weighted by Gasteiger charge is 2.22. The highest BCUT2D eigenvalue weighted by atomic mass is 16.5. The molecule has 8 nitrogen and oxygen atoms in total. The fourth-order valence-electron chi connectivity index (χ4n) is 3.43. The molecule has 0 aliphatic carbocycles. The molecule has 0 atom stereocenters. The molecular formula is C20H26N6O2. The topological polar surface area (TPSA) is 73.8 Å². The van der Waals surface area contributed by atoms with E-state index in [1.807, 2.05) is 48.2 Å². The maximum Gasteiger partial charge on any atom is 0.321 e. The number of carbonyl (C=O) groups excluding carboxylic acids is 1. The highest BCUT2D eigenvalue weighted by Crippen LogP contribution is 2.18. The van der Waals surface area contributed by atoms with Gasteiger partial charge in [0, 0.05) is 45.0 Å². The molecule has 0 saturated carbocycles. The maximum atomic E-state index is 12.5. The van der Waals surface area contributed by atoms with E-state index in [0.717, 1.165) is 56.7 Å². The Morgan fingerprint density at radius 2 is 1.43 bits per heavy atom. The smallest absolute Gasteiger partial charge is 0.321 e. The van der Waals surface area contributed by atoms with Gasteiger partial charge in [-0.15, -0.1) is 10.2 Å². The molecule has 2 amide bonds. The number of urea groups is 1. The SMILES string of the molecule is Cc1ccc(NC(=O)N2CCN(c3ccc(N4CCOCC4)nn3)CC2)cc1. The van der Waals surface area contributed by atoms with Crippen molar-refractivity contribution in [3.8, 4) is 0 Å². The van der Waals surface area contributed by atoms with Crippen LogP contribution in [0.25, 0.3) is 0 Å². The highest BCUT2D eigenvalue weighted by molar-refractivity contribution is 5.89. The van der Waals surface area contributed by atoms with E-state index in [2.05, 4.69) is 25.3 Å². The van der Waals surface area contributed by atoms with Gasteiger partial charge >= 0.3 is 6.03 Å². The van der Waals surface area contributed by atoms with E-state index in [1.165, 1.54) is 5.56 Å². The number of amides is 2. The third-order valence-corrected chi connectivity index (χ3v) is 5.17. The molecule has 1 aromatic heterocycles. The Balaban J connectivity index is 1.29. The number of ether oxygens (including phenoxy) is 1. The van der Waals surface area contributed by atoms with Crippen LogP contribution < -0.4 is 15.1 Å². The standard InChI is InChI=1S/C20H26N6O2/c1-16-2-4-17(5-3-16)21-20(27)26-10-8-24(9-11-26)18-6-7-19(23-22-18)25-12-14-28-15-13-25/h2-7H,8-15H2,1H3,(H,21,27). The van der Waals surface area contributed by atoms with Gasteiger partial charge in [0.1, 0.15) is 0 Å². The first-order valence-corrected chi connectivity index (χ1v) is 9.73. The molecule has 28 heavy (non-hydrogen) atoms. The summed E-state index contributed by atoms with van der Waals surface area (Å²) in [6, 6.07) is 11.8. The van der Waals surface area contributed by atoms with Crippen LogP contribution in [-0.2, 0) is 4.74 Å². The third kappa shape index (κ3) is 4.33. The van der Waals surface area contributed by atoms with Gasteiger partial charge in [-0.2, -0.15) is 0 Å². The van der Waals surface area contributed by atoms with Gasteiger partial charge < -0.3 is 24.8 Å². The quantitative estimate of drug-likeness (QED) is 0.875. The Morgan fingerprint density at radius 3 is 2.00 bits per heavy atom. The Kier molecular flexibility index (Phi) is 5.57. The number of aryl methyl sites for hydroxylation is 1. The molecule has 0 radical (unpaired) electrons. The normalized spacial score (nSPS) is 17.5. The van der Waals surface area contributed by atoms with Crippen molar-refractivity contribution in [2.24, 2.45) is 0 Å². The minimum atomic E-state index is -0.0581. The number of nitrogens with one attached hydrogen (secondary N) is 1. The van der Waals surface area contributed by atoms with Gasteiger partial charge in [0.2, 0.25) is 0 Å². The predicted octanol–water partition coefficient (Wildman–Crippen LogP) is 1.98. The van der Waals surface area contributed by atoms with E-state index >= 15 is 0 Å². The first-order chi connectivity index (χ1) is 13.7. The van der Waals surface area contributed by atoms with Gasteiger partial charge in [0.05, 0.1) is 13.2 Å². The number of piperazine rings is 1. The number of hydrogen-bond acceptors (Lipinski definition) is 6. The van der Waals surface area contributed by atoms with Crippen LogP contribution in [0.15, 0.2) is 36.4 Å². The second-order valence-corrected chi connectivity index (χ2v) is 7.12. The summed E-state index contributed by atoms with van der Waals surface area (Å²) in [7, 11) is 0. The molecular weight excluding hydrogens is 356 g/mol. The Hall–Kier alpha value is -2.87. The predicted molar refractivity (Wildman–Crippen MR) is 109 cm³/mol. The lowest BCUT2D eigenvalue weighted by Gasteiger charge is -2.35. The lowest BCUT2D eigenvalue weighted by molar-refractivity contribution is 0.122. The van der Waals surface area contributed by atoms with Crippen LogP contribution in [0.5, 0.6) is 0 Å². The molecule has 0 spiro atoms. The van der Waals surface area contributed by atoms with Crippen LogP contribution >= 0.6 is 0 Å². The van der Waals surface area contributed by atoms with Crippen molar-refractivity contribution in [3.63, 3.8) is 0 Å². The summed E-state index contributed by atoms with van der Waals surface area (Å²) in [5, 5.41) is 11.7. The van der Waals surface area contributed by atoms with Crippen LogP contribution in [0.1, 0.15) is 5.56 Å². The summed E-state index contributed by atoms with van der Waals surface area (Å²) in [6.45, 7) is 7.99. The van der Waals surface area contributed by atoms with Crippen molar-refractivity contribution in [2.75, 3.05) is 67.6 Å². The first kappa shape index (κ1) is 18.5. The molecule has 4 rings (SSSR count). The summed E-state index contributed by atoms with van der Waals surface area (Å²) < 4.78 is 5.38. The zero-order valence-electron chi connectivity index (χ0n) is 16.2. The lowest BCUT2D eigenvalue weighted by Crippen LogP contribution is -2.50. The van der Waals surface area contributed by atoms with Crippen molar-refractivity contribution in [1.29, 1.82) is 0 Å². The van der Waals surface area contributed by atoms with Gasteiger partial charge in [-0.25, -0.2) is 4.79 Å². The molecule has 2 aromatic rings. The molecule has 2 fully saturated rings. The van der Waals surface area contributed by atoms with Gasteiger partial charge in [0.25, 0.3) is 0 Å². The van der Waals surface area contributed by atoms with E-state index in [0.29, 0.717) is 13.1 Å². The molecule has 0 unspecified atom stereocenters. The second kappa shape index (κ2) is 8.43. The molecule has 2 aliphatic rings. The van der Waals surface area contributed by atoms with Crippen LogP contribution in [0.3, 0.4) is 0 Å². The zero-order valence-corrected chi connectivity index (χ0v) is 16.2. The minimum absolute atomic E-state index is 0.0581. The molecule has 148 valence electrons. The largest absolute Gasteiger partial charge is 0.378 e. The van der Waals surface area contributed by atoms with Crippen molar-refractivity contribution in [2.45, 2.75) is 6.92 Å². The van der Waals surface area contributed by atoms with Gasteiger partial charge in [-0.3, -0.25) is 0 Å². The average Bonchev–Trinajstić information content (AvgIpc) is 2.76. The van der Waals surface area contributed by atoms with Crippen LogP contribution in [-0.4, -0.2) is 73.6 Å². The number of nitrogens with zero attached hydrogens (tertiary/aromatic N) is 5. The Labute approximate surface area is 165 Å². The van der Waals surface area contributed by atoms with E-state index in [9.17, 15) is 4.79 Å². The second-order valence-electron chi connectivity index (χ2n) is 7.12. The number of hydrogen-bond donors (Lipinski definition) is 1. The van der Waals surface area contributed by atoms with Crippen LogP contribution in [0, 0.1) is 6.92 Å². The molecule has 8 heteroatoms. The first-order valence-electron chi connectivity index (χ1n) is 9.73. The molecule has 2 aliphatic heterocycles. The number of benzene rings is 1. The average molecular weight is 382 g/mol. The lowest BCUT2D eigenvalue weighted by atomic mass is 10.2. The summed E-state index contributed by atoms with van der Waals surface area (Å²) in [6.07, 6.45) is 0. The third-order valence-electron chi connectivity index (χ3n) is 5.17. The van der Waals surface area contributed by atoms with Crippen molar-refractivity contribution < 1.29 is 9.53 Å². The van der Waals surface area contributed by atoms with Crippen molar-refractivity contribution in [1.82, 2.24) is 15.1 Å².